The first kappa shape index (κ1) is 12.5. The Morgan fingerprint density at radius 2 is 1.80 bits per heavy atom. The summed E-state index contributed by atoms with van der Waals surface area (Å²) in [7, 11) is 3.30. The zero-order valence-corrected chi connectivity index (χ0v) is 11.6. The van der Waals surface area contributed by atoms with Crippen molar-refractivity contribution >= 4 is 10.9 Å². The number of fused-ring (bicyclic) bond motifs is 1. The summed E-state index contributed by atoms with van der Waals surface area (Å²) >= 11 is 0. The molecular weight excluding hydrogens is 254 g/mol. The lowest BCUT2D eigenvalue weighted by Crippen LogP contribution is -1.95. The van der Waals surface area contributed by atoms with Crippen LogP contribution in [0, 0.1) is 6.92 Å². The number of ether oxygens (including phenoxy) is 2. The third kappa shape index (κ3) is 1.90. The van der Waals surface area contributed by atoms with Gasteiger partial charge in [-0.3, -0.25) is 0 Å². The van der Waals surface area contributed by atoms with Crippen LogP contribution >= 0.6 is 0 Å². The Labute approximate surface area is 117 Å². The Hall–Kier alpha value is -2.49. The van der Waals surface area contributed by atoms with Gasteiger partial charge in [-0.25, -0.2) is 4.98 Å². The molecule has 0 saturated carbocycles. The fraction of sp³-hybridized carbons (Fsp3) is 0.188. The van der Waals surface area contributed by atoms with Crippen LogP contribution in [0.15, 0.2) is 41.2 Å². The molecule has 2 aromatic heterocycles. The number of benzene rings is 1. The van der Waals surface area contributed by atoms with E-state index in [9.17, 15) is 0 Å². The van der Waals surface area contributed by atoms with Gasteiger partial charge in [-0.05, 0) is 36.8 Å². The molecule has 0 aliphatic carbocycles. The number of hydrogen-bond acceptors (Lipinski definition) is 4. The summed E-state index contributed by atoms with van der Waals surface area (Å²) in [4.78, 5) is 4.69. The van der Waals surface area contributed by atoms with E-state index >= 15 is 0 Å². The lowest BCUT2D eigenvalue weighted by atomic mass is 10.1. The number of rotatable bonds is 3. The highest BCUT2D eigenvalue weighted by Crippen LogP contribution is 2.36. The molecule has 0 bridgehead atoms. The molecule has 0 aliphatic rings. The summed E-state index contributed by atoms with van der Waals surface area (Å²) in [5, 5.41) is 0.971. The first-order chi connectivity index (χ1) is 9.74. The van der Waals surface area contributed by atoms with Crippen LogP contribution in [0.1, 0.15) is 5.56 Å². The second kappa shape index (κ2) is 4.89. The van der Waals surface area contributed by atoms with Crippen molar-refractivity contribution in [3.05, 3.63) is 42.4 Å². The van der Waals surface area contributed by atoms with E-state index in [1.807, 2.05) is 31.2 Å². The minimum atomic E-state index is 0.731. The first-order valence-electron chi connectivity index (χ1n) is 6.29. The minimum Gasteiger partial charge on any atom is -0.496 e. The average Bonchev–Trinajstić information content (AvgIpc) is 3.00. The second-order valence-corrected chi connectivity index (χ2v) is 4.53. The van der Waals surface area contributed by atoms with Crippen molar-refractivity contribution in [3.8, 4) is 22.8 Å². The molecule has 0 radical (unpaired) electrons. The number of aryl methyl sites for hydroxylation is 1. The second-order valence-electron chi connectivity index (χ2n) is 4.53. The van der Waals surface area contributed by atoms with Gasteiger partial charge in [0.2, 0.25) is 0 Å². The van der Waals surface area contributed by atoms with Gasteiger partial charge in [0, 0.05) is 10.9 Å². The molecule has 3 rings (SSSR count). The third-order valence-corrected chi connectivity index (χ3v) is 3.34. The molecule has 1 aromatic carbocycles. The normalized spacial score (nSPS) is 10.8. The number of hydrogen-bond donors (Lipinski definition) is 0. The van der Waals surface area contributed by atoms with E-state index in [2.05, 4.69) is 0 Å². The maximum atomic E-state index is 5.42. The SMILES string of the molecule is COc1ccc(OC)c2c(C)cc(-c3ccoc3)nc12. The molecule has 0 atom stereocenters. The van der Waals surface area contributed by atoms with Crippen molar-refractivity contribution in [3.63, 3.8) is 0 Å². The smallest absolute Gasteiger partial charge is 0.145 e. The Bertz CT molecular complexity index is 748. The van der Waals surface area contributed by atoms with Gasteiger partial charge in [-0.2, -0.15) is 0 Å². The zero-order chi connectivity index (χ0) is 14.1. The molecule has 0 fully saturated rings. The van der Waals surface area contributed by atoms with Crippen molar-refractivity contribution in [1.29, 1.82) is 0 Å². The van der Waals surface area contributed by atoms with Gasteiger partial charge in [0.05, 0.1) is 32.4 Å². The Balaban J connectivity index is 2.35. The zero-order valence-electron chi connectivity index (χ0n) is 11.6. The standard InChI is InChI=1S/C16H15NO3/c1-10-8-12(11-6-7-20-9-11)17-16-14(19-3)5-4-13(18-2)15(10)16/h4-9H,1-3H3. The minimum absolute atomic E-state index is 0.731. The molecule has 102 valence electrons. The van der Waals surface area contributed by atoms with Gasteiger partial charge in [-0.1, -0.05) is 0 Å². The molecule has 0 saturated heterocycles. The number of aromatic nitrogens is 1. The van der Waals surface area contributed by atoms with Crippen LogP contribution in [0.2, 0.25) is 0 Å². The maximum absolute atomic E-state index is 5.42. The molecule has 0 N–H and O–H groups in total. The summed E-state index contributed by atoms with van der Waals surface area (Å²) in [5.74, 6) is 1.53. The van der Waals surface area contributed by atoms with Crippen LogP contribution in [0.25, 0.3) is 22.2 Å². The summed E-state index contributed by atoms with van der Waals surface area (Å²) < 4.78 is 16.0. The topological polar surface area (TPSA) is 44.5 Å². The maximum Gasteiger partial charge on any atom is 0.145 e. The first-order valence-corrected chi connectivity index (χ1v) is 6.29. The number of nitrogens with zero attached hydrogens (tertiary/aromatic N) is 1. The lowest BCUT2D eigenvalue weighted by molar-refractivity contribution is 0.409. The Morgan fingerprint density at radius 3 is 2.45 bits per heavy atom. The van der Waals surface area contributed by atoms with E-state index in [1.165, 1.54) is 0 Å². The quantitative estimate of drug-likeness (QED) is 0.725. The third-order valence-electron chi connectivity index (χ3n) is 3.34. The summed E-state index contributed by atoms with van der Waals surface area (Å²) in [5.41, 5.74) is 3.68. The van der Waals surface area contributed by atoms with Gasteiger partial charge in [0.15, 0.2) is 0 Å². The van der Waals surface area contributed by atoms with Gasteiger partial charge in [0.1, 0.15) is 17.0 Å². The van der Waals surface area contributed by atoms with E-state index in [0.717, 1.165) is 39.2 Å². The van der Waals surface area contributed by atoms with Crippen molar-refractivity contribution in [1.82, 2.24) is 4.98 Å². The van der Waals surface area contributed by atoms with Crippen LogP contribution in [-0.4, -0.2) is 19.2 Å². The van der Waals surface area contributed by atoms with E-state index in [1.54, 1.807) is 26.7 Å². The van der Waals surface area contributed by atoms with Crippen LogP contribution in [0.4, 0.5) is 0 Å². The van der Waals surface area contributed by atoms with Crippen molar-refractivity contribution < 1.29 is 13.9 Å². The van der Waals surface area contributed by atoms with Crippen LogP contribution in [-0.2, 0) is 0 Å². The number of methoxy groups -OCH3 is 2. The molecule has 4 heteroatoms. The highest BCUT2D eigenvalue weighted by Gasteiger charge is 2.13. The number of furan rings is 1. The predicted molar refractivity (Wildman–Crippen MR) is 77.3 cm³/mol. The van der Waals surface area contributed by atoms with E-state index in [4.69, 9.17) is 18.9 Å². The molecule has 20 heavy (non-hydrogen) atoms. The Kier molecular flexibility index (Phi) is 3.06. The Morgan fingerprint density at radius 1 is 1.05 bits per heavy atom. The fourth-order valence-corrected chi connectivity index (χ4v) is 2.37. The molecule has 4 nitrogen and oxygen atoms in total. The fourth-order valence-electron chi connectivity index (χ4n) is 2.37. The molecule has 0 amide bonds. The molecule has 3 aromatic rings. The predicted octanol–water partition coefficient (Wildman–Crippen LogP) is 3.82. The molecule has 2 heterocycles. The van der Waals surface area contributed by atoms with E-state index in [-0.39, 0.29) is 0 Å². The average molecular weight is 269 g/mol. The van der Waals surface area contributed by atoms with Gasteiger partial charge in [-0.15, -0.1) is 0 Å². The monoisotopic (exact) mass is 269 g/mol. The number of pyridine rings is 1. The molecule has 0 unspecified atom stereocenters. The summed E-state index contributed by atoms with van der Waals surface area (Å²) in [6.07, 6.45) is 3.32. The van der Waals surface area contributed by atoms with E-state index in [0.29, 0.717) is 0 Å². The molecule has 0 spiro atoms. The largest absolute Gasteiger partial charge is 0.496 e. The lowest BCUT2D eigenvalue weighted by Gasteiger charge is -2.12. The van der Waals surface area contributed by atoms with Crippen LogP contribution in [0.3, 0.4) is 0 Å². The van der Waals surface area contributed by atoms with Crippen LogP contribution in [0.5, 0.6) is 11.5 Å². The van der Waals surface area contributed by atoms with E-state index < -0.39 is 0 Å². The highest BCUT2D eigenvalue weighted by atomic mass is 16.5. The van der Waals surface area contributed by atoms with Gasteiger partial charge in [0.25, 0.3) is 0 Å². The van der Waals surface area contributed by atoms with Gasteiger partial charge < -0.3 is 13.9 Å². The summed E-state index contributed by atoms with van der Waals surface area (Å²) in [6, 6.07) is 7.68. The van der Waals surface area contributed by atoms with Crippen LogP contribution < -0.4 is 9.47 Å². The van der Waals surface area contributed by atoms with Crippen molar-refractivity contribution in [2.75, 3.05) is 14.2 Å². The van der Waals surface area contributed by atoms with Crippen molar-refractivity contribution in [2.45, 2.75) is 6.92 Å². The van der Waals surface area contributed by atoms with Gasteiger partial charge >= 0.3 is 0 Å². The van der Waals surface area contributed by atoms with Crippen molar-refractivity contribution in [2.24, 2.45) is 0 Å². The highest BCUT2D eigenvalue weighted by molar-refractivity contribution is 5.94. The summed E-state index contributed by atoms with van der Waals surface area (Å²) in [6.45, 7) is 2.04. The molecular formula is C16H15NO3. The molecule has 0 aliphatic heterocycles.